The number of amides is 2. The summed E-state index contributed by atoms with van der Waals surface area (Å²) in [6.07, 6.45) is 1.38. The quantitative estimate of drug-likeness (QED) is 0.379. The summed E-state index contributed by atoms with van der Waals surface area (Å²) in [4.78, 5) is 25.0. The zero-order chi connectivity index (χ0) is 24.2. The van der Waals surface area contributed by atoms with Gasteiger partial charge in [0.25, 0.3) is 11.8 Å². The molecule has 0 unspecified atom stereocenters. The summed E-state index contributed by atoms with van der Waals surface area (Å²) < 4.78 is 30.2. The van der Waals surface area contributed by atoms with Crippen LogP contribution in [0.1, 0.15) is 43.5 Å². The van der Waals surface area contributed by atoms with Crippen LogP contribution < -0.4 is 15.4 Å². The van der Waals surface area contributed by atoms with Crippen LogP contribution >= 0.6 is 0 Å². The van der Waals surface area contributed by atoms with Gasteiger partial charge in [0.05, 0.1) is 28.8 Å². The van der Waals surface area contributed by atoms with Gasteiger partial charge < -0.3 is 24.3 Å². The fourth-order valence-corrected chi connectivity index (χ4v) is 3.28. The Hall–Kier alpha value is -4.40. The monoisotopic (exact) mass is 463 g/mol. The maximum atomic E-state index is 14.2. The lowest BCUT2D eigenvalue weighted by Gasteiger charge is -2.10. The van der Waals surface area contributed by atoms with Gasteiger partial charge in [0.1, 0.15) is 29.7 Å². The van der Waals surface area contributed by atoms with Gasteiger partial charge in [-0.1, -0.05) is 5.16 Å². The number of hydrogen-bond donors (Lipinski definition) is 2. The minimum absolute atomic E-state index is 0.0635. The molecule has 2 amide bonds. The summed E-state index contributed by atoms with van der Waals surface area (Å²) >= 11 is 0. The number of nitrogens with one attached hydrogen (secondary N) is 2. The fourth-order valence-electron chi connectivity index (χ4n) is 3.28. The summed E-state index contributed by atoms with van der Waals surface area (Å²) in [7, 11) is 0. The van der Waals surface area contributed by atoms with Crippen molar-refractivity contribution in [2.45, 2.75) is 27.4 Å². The predicted octanol–water partition coefficient (Wildman–Crippen LogP) is 5.42. The van der Waals surface area contributed by atoms with Gasteiger partial charge in [0, 0.05) is 11.3 Å². The van der Waals surface area contributed by atoms with Gasteiger partial charge in [0.15, 0.2) is 0 Å². The Morgan fingerprint density at radius 1 is 0.971 bits per heavy atom. The molecule has 0 fully saturated rings. The first-order chi connectivity index (χ1) is 16.3. The highest BCUT2D eigenvalue weighted by atomic mass is 19.1. The third-order valence-corrected chi connectivity index (χ3v) is 5.26. The molecule has 9 heteroatoms. The molecular weight excluding hydrogens is 441 g/mol. The number of anilines is 2. The lowest BCUT2D eigenvalue weighted by atomic mass is 10.2. The summed E-state index contributed by atoms with van der Waals surface area (Å²) in [6.45, 7) is 5.59. The van der Waals surface area contributed by atoms with Crippen LogP contribution in [0.3, 0.4) is 0 Å². The molecule has 0 spiro atoms. The number of halogens is 1. The number of furan rings is 1. The van der Waals surface area contributed by atoms with Gasteiger partial charge in [-0.15, -0.1) is 0 Å². The topological polar surface area (TPSA) is 107 Å². The Kier molecular flexibility index (Phi) is 6.44. The van der Waals surface area contributed by atoms with Crippen molar-refractivity contribution < 1.29 is 27.7 Å². The maximum Gasteiger partial charge on any atom is 0.259 e. The summed E-state index contributed by atoms with van der Waals surface area (Å²) in [5, 5.41) is 9.08. The molecule has 0 bridgehead atoms. The van der Waals surface area contributed by atoms with Crippen LogP contribution in [0.5, 0.6) is 5.75 Å². The number of aromatic nitrogens is 1. The van der Waals surface area contributed by atoms with Crippen molar-refractivity contribution in [3.63, 3.8) is 0 Å². The number of nitrogens with zero attached hydrogens (tertiary/aromatic N) is 1. The first kappa shape index (κ1) is 22.8. The van der Waals surface area contributed by atoms with E-state index in [0.29, 0.717) is 40.7 Å². The van der Waals surface area contributed by atoms with Crippen LogP contribution in [0.25, 0.3) is 0 Å². The number of ether oxygens (including phenoxy) is 1. The molecular formula is C25H22FN3O5. The SMILES string of the molecule is Cc1noc(C)c1COc1ccc(C(=O)Nc2ccc(F)c(NC(=O)c3ccoc3C)c2)cc1. The van der Waals surface area contributed by atoms with Gasteiger partial charge in [-0.3, -0.25) is 9.59 Å². The molecule has 4 rings (SSSR count). The molecule has 2 aromatic carbocycles. The van der Waals surface area contributed by atoms with E-state index >= 15 is 0 Å². The predicted molar refractivity (Wildman–Crippen MR) is 123 cm³/mol. The van der Waals surface area contributed by atoms with E-state index in [0.717, 1.165) is 11.3 Å². The molecule has 2 N–H and O–H groups in total. The molecule has 0 saturated carbocycles. The minimum atomic E-state index is -0.632. The molecule has 2 aromatic heterocycles. The number of benzene rings is 2. The lowest BCUT2D eigenvalue weighted by molar-refractivity contribution is 0.101. The van der Waals surface area contributed by atoms with Crippen LogP contribution in [0.4, 0.5) is 15.8 Å². The summed E-state index contributed by atoms with van der Waals surface area (Å²) in [5.74, 6) is 0.155. The lowest BCUT2D eigenvalue weighted by Crippen LogP contribution is -2.15. The molecule has 174 valence electrons. The molecule has 0 saturated heterocycles. The van der Waals surface area contributed by atoms with Crippen molar-refractivity contribution >= 4 is 23.2 Å². The van der Waals surface area contributed by atoms with Gasteiger partial charge in [0.2, 0.25) is 0 Å². The minimum Gasteiger partial charge on any atom is -0.489 e. The number of aryl methyl sites for hydroxylation is 3. The van der Waals surface area contributed by atoms with Gasteiger partial charge >= 0.3 is 0 Å². The average Bonchev–Trinajstić information content (AvgIpc) is 3.39. The molecule has 8 nitrogen and oxygen atoms in total. The molecule has 4 aromatic rings. The second-order valence-corrected chi connectivity index (χ2v) is 7.61. The van der Waals surface area contributed by atoms with Crippen LogP contribution in [-0.4, -0.2) is 17.0 Å². The summed E-state index contributed by atoms with van der Waals surface area (Å²) in [6, 6.07) is 12.0. The molecule has 2 heterocycles. The van der Waals surface area contributed by atoms with E-state index in [4.69, 9.17) is 13.7 Å². The first-order valence-corrected chi connectivity index (χ1v) is 10.4. The van der Waals surface area contributed by atoms with E-state index in [1.165, 1.54) is 30.5 Å². The second-order valence-electron chi connectivity index (χ2n) is 7.61. The van der Waals surface area contributed by atoms with E-state index in [2.05, 4.69) is 15.8 Å². The van der Waals surface area contributed by atoms with E-state index in [1.54, 1.807) is 31.2 Å². The van der Waals surface area contributed by atoms with Crippen LogP contribution in [0.2, 0.25) is 0 Å². The second kappa shape index (κ2) is 9.62. The number of rotatable bonds is 7. The van der Waals surface area contributed by atoms with Crippen LogP contribution in [0.15, 0.2) is 63.7 Å². The van der Waals surface area contributed by atoms with E-state index in [-0.39, 0.29) is 5.69 Å². The zero-order valence-corrected chi connectivity index (χ0v) is 18.8. The van der Waals surface area contributed by atoms with Crippen molar-refractivity contribution in [1.82, 2.24) is 5.16 Å². The largest absolute Gasteiger partial charge is 0.489 e. The number of carbonyl (C=O) groups excluding carboxylic acids is 2. The Bertz CT molecular complexity index is 1320. The first-order valence-electron chi connectivity index (χ1n) is 10.4. The summed E-state index contributed by atoms with van der Waals surface area (Å²) in [5.41, 5.74) is 2.59. The van der Waals surface area contributed by atoms with Gasteiger partial charge in [-0.2, -0.15) is 0 Å². The fraction of sp³-hybridized carbons (Fsp3) is 0.160. The van der Waals surface area contributed by atoms with Crippen molar-refractivity contribution in [1.29, 1.82) is 0 Å². The van der Waals surface area contributed by atoms with Crippen molar-refractivity contribution in [2.75, 3.05) is 10.6 Å². The maximum absolute atomic E-state index is 14.2. The molecule has 0 atom stereocenters. The van der Waals surface area contributed by atoms with Crippen LogP contribution in [-0.2, 0) is 6.61 Å². The number of carbonyl (C=O) groups is 2. The molecule has 0 radical (unpaired) electrons. The van der Waals surface area contributed by atoms with Crippen molar-refractivity contribution in [2.24, 2.45) is 0 Å². The van der Waals surface area contributed by atoms with Crippen molar-refractivity contribution in [3.05, 3.63) is 94.5 Å². The Labute approximate surface area is 194 Å². The van der Waals surface area contributed by atoms with Gasteiger partial charge in [-0.05, 0) is 69.3 Å². The number of hydrogen-bond acceptors (Lipinski definition) is 6. The standard InChI is InChI=1S/C25H22FN3O5/c1-14-21(16(3)34-29-14)13-33-19-7-4-17(5-8-19)24(30)27-18-6-9-22(26)23(12-18)28-25(31)20-10-11-32-15(20)2/h4-12H,13H2,1-3H3,(H,27,30)(H,28,31). The highest BCUT2D eigenvalue weighted by Crippen LogP contribution is 2.23. The van der Waals surface area contributed by atoms with E-state index in [1.807, 2.05) is 13.8 Å². The Morgan fingerprint density at radius 3 is 2.38 bits per heavy atom. The van der Waals surface area contributed by atoms with Gasteiger partial charge in [-0.25, -0.2) is 4.39 Å². The smallest absolute Gasteiger partial charge is 0.259 e. The molecule has 0 aliphatic rings. The van der Waals surface area contributed by atoms with E-state index < -0.39 is 17.6 Å². The van der Waals surface area contributed by atoms with Crippen LogP contribution in [0, 0.1) is 26.6 Å². The van der Waals surface area contributed by atoms with Crippen molar-refractivity contribution in [3.8, 4) is 5.75 Å². The highest BCUT2D eigenvalue weighted by molar-refractivity contribution is 6.06. The molecule has 0 aliphatic heterocycles. The highest BCUT2D eigenvalue weighted by Gasteiger charge is 2.15. The average molecular weight is 463 g/mol. The third-order valence-electron chi connectivity index (χ3n) is 5.26. The molecule has 34 heavy (non-hydrogen) atoms. The third kappa shape index (κ3) is 4.98. The Balaban J connectivity index is 1.40. The normalized spacial score (nSPS) is 10.7. The van der Waals surface area contributed by atoms with E-state index in [9.17, 15) is 14.0 Å². The Morgan fingerprint density at radius 2 is 1.74 bits per heavy atom. The molecule has 0 aliphatic carbocycles. The zero-order valence-electron chi connectivity index (χ0n) is 18.8.